The molecule has 1 aliphatic rings. The van der Waals surface area contributed by atoms with Crippen molar-refractivity contribution in [2.75, 3.05) is 4.90 Å². The van der Waals surface area contributed by atoms with Crippen LogP contribution in [0.5, 0.6) is 0 Å². The van der Waals surface area contributed by atoms with Gasteiger partial charge in [-0.1, -0.05) is 42.1 Å². The molecule has 1 aromatic heterocycles. The van der Waals surface area contributed by atoms with Gasteiger partial charge in [0.25, 0.3) is 0 Å². The van der Waals surface area contributed by atoms with E-state index in [-0.39, 0.29) is 18.2 Å². The van der Waals surface area contributed by atoms with Gasteiger partial charge in [-0.2, -0.15) is 0 Å². The molecule has 1 atom stereocenters. The molecule has 1 aliphatic heterocycles. The minimum absolute atomic E-state index is 0.145. The van der Waals surface area contributed by atoms with Crippen molar-refractivity contribution in [3.8, 4) is 0 Å². The molecular weight excluding hydrogens is 340 g/mol. The number of nitrogens with zero attached hydrogens (tertiary/aromatic N) is 2. The Hall–Kier alpha value is -2.18. The van der Waals surface area contributed by atoms with E-state index < -0.39 is 5.25 Å². The summed E-state index contributed by atoms with van der Waals surface area (Å²) in [5.74, 6) is -0.300. The summed E-state index contributed by atoms with van der Waals surface area (Å²) < 4.78 is 1.92. The molecule has 0 saturated carbocycles. The van der Waals surface area contributed by atoms with Crippen LogP contribution in [0.4, 0.5) is 5.69 Å². The Morgan fingerprint density at radius 1 is 1.12 bits per heavy atom. The predicted octanol–water partition coefficient (Wildman–Crippen LogP) is 4.03. The number of carbonyl (C=O) groups is 2. The van der Waals surface area contributed by atoms with Gasteiger partial charge in [0.2, 0.25) is 11.8 Å². The number of imide groups is 1. The third-order valence-corrected chi connectivity index (χ3v) is 6.29. The van der Waals surface area contributed by atoms with Crippen LogP contribution in [0, 0.1) is 6.92 Å². The molecule has 2 heterocycles. The molecule has 0 aliphatic carbocycles. The Balaban J connectivity index is 1.60. The molecular formula is C18H14N2O2S2. The zero-order valence-corrected chi connectivity index (χ0v) is 14.6. The Morgan fingerprint density at radius 2 is 1.88 bits per heavy atom. The summed E-state index contributed by atoms with van der Waals surface area (Å²) in [4.78, 5) is 31.0. The van der Waals surface area contributed by atoms with Crippen LogP contribution in [0.2, 0.25) is 0 Å². The Labute approximate surface area is 147 Å². The molecule has 2 aromatic carbocycles. The minimum atomic E-state index is -0.405. The zero-order valence-electron chi connectivity index (χ0n) is 12.9. The van der Waals surface area contributed by atoms with Gasteiger partial charge in [0, 0.05) is 6.42 Å². The fourth-order valence-corrected chi connectivity index (χ4v) is 5.12. The normalized spacial score (nSPS) is 17.9. The smallest absolute Gasteiger partial charge is 0.247 e. The average Bonchev–Trinajstić information content (AvgIpc) is 3.09. The zero-order chi connectivity index (χ0) is 16.7. The Bertz CT molecular complexity index is 918. The largest absolute Gasteiger partial charge is 0.274 e. The van der Waals surface area contributed by atoms with Gasteiger partial charge in [-0.25, -0.2) is 9.88 Å². The number of carbonyl (C=O) groups excluding carboxylic acids is 2. The van der Waals surface area contributed by atoms with Gasteiger partial charge in [0.1, 0.15) is 5.25 Å². The number of benzene rings is 2. The first kappa shape index (κ1) is 15.4. The molecule has 120 valence electrons. The van der Waals surface area contributed by atoms with Crippen LogP contribution in [-0.2, 0) is 9.59 Å². The van der Waals surface area contributed by atoms with Crippen LogP contribution in [-0.4, -0.2) is 22.0 Å². The van der Waals surface area contributed by atoms with E-state index in [1.54, 1.807) is 11.3 Å². The first-order chi connectivity index (χ1) is 11.6. The lowest BCUT2D eigenvalue weighted by Gasteiger charge is -2.16. The maximum Gasteiger partial charge on any atom is 0.247 e. The highest BCUT2D eigenvalue weighted by molar-refractivity contribution is 8.02. The number of hydrogen-bond acceptors (Lipinski definition) is 5. The molecule has 0 radical (unpaired) electrons. The molecule has 1 fully saturated rings. The lowest BCUT2D eigenvalue weighted by Crippen LogP contribution is -2.31. The van der Waals surface area contributed by atoms with E-state index in [1.165, 1.54) is 16.7 Å². The van der Waals surface area contributed by atoms with Gasteiger partial charge in [-0.05, 0) is 30.7 Å². The minimum Gasteiger partial charge on any atom is -0.274 e. The number of thiazole rings is 1. The van der Waals surface area contributed by atoms with Crippen LogP contribution in [0.3, 0.4) is 0 Å². The number of rotatable bonds is 3. The van der Waals surface area contributed by atoms with Crippen molar-refractivity contribution in [2.24, 2.45) is 0 Å². The van der Waals surface area contributed by atoms with E-state index in [0.29, 0.717) is 5.69 Å². The van der Waals surface area contributed by atoms with E-state index in [1.807, 2.05) is 55.5 Å². The summed E-state index contributed by atoms with van der Waals surface area (Å²) in [6, 6.07) is 15.4. The second-order valence-corrected chi connectivity index (χ2v) is 8.09. The average molecular weight is 354 g/mol. The topological polar surface area (TPSA) is 50.3 Å². The van der Waals surface area contributed by atoms with E-state index in [2.05, 4.69) is 4.98 Å². The fraction of sp³-hybridized carbons (Fsp3) is 0.167. The maximum absolute atomic E-state index is 12.7. The molecule has 4 nitrogen and oxygen atoms in total. The molecule has 3 aromatic rings. The molecule has 0 bridgehead atoms. The van der Waals surface area contributed by atoms with Gasteiger partial charge in [0.15, 0.2) is 4.34 Å². The van der Waals surface area contributed by atoms with Crippen molar-refractivity contribution in [3.63, 3.8) is 0 Å². The summed E-state index contributed by atoms with van der Waals surface area (Å²) in [6.45, 7) is 1.91. The third-order valence-electron chi connectivity index (χ3n) is 3.98. The molecule has 2 amide bonds. The third kappa shape index (κ3) is 2.61. The predicted molar refractivity (Wildman–Crippen MR) is 97.6 cm³/mol. The Kier molecular flexibility index (Phi) is 3.86. The number of thioether (sulfide) groups is 1. The van der Waals surface area contributed by atoms with Crippen LogP contribution in [0.1, 0.15) is 12.0 Å². The first-order valence-corrected chi connectivity index (χ1v) is 9.28. The lowest BCUT2D eigenvalue weighted by atomic mass is 10.2. The quantitative estimate of drug-likeness (QED) is 0.667. The fourth-order valence-electron chi connectivity index (χ4n) is 2.79. The van der Waals surface area contributed by atoms with E-state index >= 15 is 0 Å². The molecule has 24 heavy (non-hydrogen) atoms. The molecule has 1 saturated heterocycles. The summed E-state index contributed by atoms with van der Waals surface area (Å²) in [6.07, 6.45) is 0.216. The van der Waals surface area contributed by atoms with Gasteiger partial charge in [-0.15, -0.1) is 11.3 Å². The van der Waals surface area contributed by atoms with E-state index in [9.17, 15) is 9.59 Å². The number of fused-ring (bicyclic) bond motifs is 1. The van der Waals surface area contributed by atoms with Gasteiger partial charge in [-0.3, -0.25) is 9.59 Å². The molecule has 4 rings (SSSR count). The van der Waals surface area contributed by atoms with Gasteiger partial charge in [0.05, 0.1) is 15.9 Å². The summed E-state index contributed by atoms with van der Waals surface area (Å²) in [5, 5.41) is -0.405. The highest BCUT2D eigenvalue weighted by Crippen LogP contribution is 2.38. The van der Waals surface area contributed by atoms with Crippen molar-refractivity contribution >= 4 is 50.8 Å². The number of aromatic nitrogens is 1. The second-order valence-electron chi connectivity index (χ2n) is 5.61. The van der Waals surface area contributed by atoms with E-state index in [4.69, 9.17) is 0 Å². The van der Waals surface area contributed by atoms with E-state index in [0.717, 1.165) is 20.1 Å². The molecule has 0 unspecified atom stereocenters. The van der Waals surface area contributed by atoms with Crippen LogP contribution in [0.15, 0.2) is 52.9 Å². The standard InChI is InChI=1S/C18H14N2O2S2/c1-11-6-2-4-8-13(11)20-16(21)10-15(17(20)22)24-18-19-12-7-3-5-9-14(12)23-18/h2-9,15H,10H2,1H3/t15-/m0/s1. The van der Waals surface area contributed by atoms with Gasteiger partial charge >= 0.3 is 0 Å². The number of anilines is 1. The molecule has 0 N–H and O–H groups in total. The SMILES string of the molecule is Cc1ccccc1N1C(=O)C[C@H](Sc2nc3ccccc3s2)C1=O. The maximum atomic E-state index is 12.7. The summed E-state index contributed by atoms with van der Waals surface area (Å²) in [5.41, 5.74) is 2.53. The lowest BCUT2D eigenvalue weighted by molar-refractivity contribution is -0.121. The van der Waals surface area contributed by atoms with Crippen LogP contribution in [0.25, 0.3) is 10.2 Å². The highest BCUT2D eigenvalue weighted by Gasteiger charge is 2.41. The second kappa shape index (κ2) is 6.03. The number of aryl methyl sites for hydroxylation is 1. The van der Waals surface area contributed by atoms with Crippen LogP contribution >= 0.6 is 23.1 Å². The molecule has 0 spiro atoms. The first-order valence-electron chi connectivity index (χ1n) is 7.58. The van der Waals surface area contributed by atoms with Crippen LogP contribution < -0.4 is 4.90 Å². The van der Waals surface area contributed by atoms with Gasteiger partial charge < -0.3 is 0 Å². The summed E-state index contributed by atoms with van der Waals surface area (Å²) >= 11 is 2.95. The number of hydrogen-bond donors (Lipinski definition) is 0. The number of para-hydroxylation sites is 2. The highest BCUT2D eigenvalue weighted by atomic mass is 32.2. The van der Waals surface area contributed by atoms with Crippen molar-refractivity contribution in [1.29, 1.82) is 0 Å². The Morgan fingerprint density at radius 3 is 2.67 bits per heavy atom. The molecule has 6 heteroatoms. The van der Waals surface area contributed by atoms with Crippen molar-refractivity contribution in [1.82, 2.24) is 4.98 Å². The van der Waals surface area contributed by atoms with Crippen molar-refractivity contribution < 1.29 is 9.59 Å². The number of amides is 2. The monoisotopic (exact) mass is 354 g/mol. The summed E-state index contributed by atoms with van der Waals surface area (Å²) in [7, 11) is 0. The van der Waals surface area contributed by atoms with Crippen molar-refractivity contribution in [3.05, 3.63) is 54.1 Å². The van der Waals surface area contributed by atoms with Crippen molar-refractivity contribution in [2.45, 2.75) is 22.9 Å².